The molecule has 6 nitrogen and oxygen atoms in total. The fourth-order valence-electron chi connectivity index (χ4n) is 2.53. The molecule has 0 saturated heterocycles. The minimum atomic E-state index is -0.699. The summed E-state index contributed by atoms with van der Waals surface area (Å²) in [5, 5.41) is 6.02. The molecule has 3 N–H and O–H groups in total. The first-order valence-electron chi connectivity index (χ1n) is 8.40. The number of carbonyl (C=O) groups excluding carboxylic acids is 2. The maximum atomic E-state index is 13.7. The molecule has 0 atom stereocenters. The van der Waals surface area contributed by atoms with Crippen LogP contribution in [-0.4, -0.2) is 22.6 Å². The highest BCUT2D eigenvalue weighted by molar-refractivity contribution is 6.08. The maximum absolute atomic E-state index is 13.7. The van der Waals surface area contributed by atoms with Crippen molar-refractivity contribution in [3.63, 3.8) is 0 Å². The topological polar surface area (TPSA) is 83.2 Å². The molecule has 0 bridgehead atoms. The van der Waals surface area contributed by atoms with E-state index in [1.807, 2.05) is 24.3 Å². The van der Waals surface area contributed by atoms with E-state index >= 15 is 0 Å². The number of halogens is 1. The predicted octanol–water partition coefficient (Wildman–Crippen LogP) is 4.91. The Labute approximate surface area is 155 Å². The van der Waals surface area contributed by atoms with Gasteiger partial charge in [0.15, 0.2) is 0 Å². The van der Waals surface area contributed by atoms with Gasteiger partial charge in [-0.2, -0.15) is 0 Å². The smallest absolute Gasteiger partial charge is 0.412 e. The van der Waals surface area contributed by atoms with Gasteiger partial charge in [-0.25, -0.2) is 9.18 Å². The average molecular weight is 369 g/mol. The summed E-state index contributed by atoms with van der Waals surface area (Å²) in [7, 11) is 0. The van der Waals surface area contributed by atoms with Gasteiger partial charge in [0.2, 0.25) is 0 Å². The summed E-state index contributed by atoms with van der Waals surface area (Å²) in [6.45, 7) is 5.20. The lowest BCUT2D eigenvalue weighted by Gasteiger charge is -2.20. The zero-order valence-electron chi connectivity index (χ0n) is 15.2. The number of aromatic amines is 1. The Bertz CT molecular complexity index is 972. The SMILES string of the molecule is CC(C)(C)OC(=O)Nc1ccc(F)cc1NC(=O)c1cc2ccccc2[nH]1. The number of H-pyrrole nitrogens is 1. The normalized spacial score (nSPS) is 11.3. The number of nitrogens with one attached hydrogen (secondary N) is 3. The van der Waals surface area contributed by atoms with Gasteiger partial charge in [0.1, 0.15) is 17.1 Å². The molecule has 0 saturated carbocycles. The lowest BCUT2D eigenvalue weighted by Crippen LogP contribution is -2.27. The van der Waals surface area contributed by atoms with E-state index in [0.717, 1.165) is 17.0 Å². The molecule has 0 spiro atoms. The van der Waals surface area contributed by atoms with Crippen LogP contribution < -0.4 is 10.6 Å². The van der Waals surface area contributed by atoms with Gasteiger partial charge in [0.05, 0.1) is 11.4 Å². The minimum absolute atomic E-state index is 0.129. The van der Waals surface area contributed by atoms with Crippen LogP contribution in [0.5, 0.6) is 0 Å². The number of hydrogen-bond acceptors (Lipinski definition) is 3. The van der Waals surface area contributed by atoms with Crippen molar-refractivity contribution >= 4 is 34.3 Å². The second-order valence-electron chi connectivity index (χ2n) is 7.04. The molecule has 0 unspecified atom stereocenters. The van der Waals surface area contributed by atoms with Gasteiger partial charge in [-0.05, 0) is 51.1 Å². The third kappa shape index (κ3) is 4.63. The van der Waals surface area contributed by atoms with E-state index in [4.69, 9.17) is 4.74 Å². The third-order valence-corrected chi connectivity index (χ3v) is 3.64. The van der Waals surface area contributed by atoms with Crippen molar-refractivity contribution in [1.29, 1.82) is 0 Å². The molecule has 0 aliphatic rings. The summed E-state index contributed by atoms with van der Waals surface area (Å²) < 4.78 is 18.9. The van der Waals surface area contributed by atoms with Crippen LogP contribution >= 0.6 is 0 Å². The summed E-state index contributed by atoms with van der Waals surface area (Å²) in [5.41, 5.74) is 0.815. The molecule has 0 aliphatic heterocycles. The second-order valence-corrected chi connectivity index (χ2v) is 7.04. The monoisotopic (exact) mass is 369 g/mol. The van der Waals surface area contributed by atoms with Crippen LogP contribution in [0.25, 0.3) is 10.9 Å². The summed E-state index contributed by atoms with van der Waals surface area (Å²) in [5.74, 6) is -0.999. The number of para-hydroxylation sites is 1. The summed E-state index contributed by atoms with van der Waals surface area (Å²) in [6.07, 6.45) is -0.699. The molecule has 0 fully saturated rings. The average Bonchev–Trinajstić information content (AvgIpc) is 3.00. The van der Waals surface area contributed by atoms with Crippen LogP contribution in [0.1, 0.15) is 31.3 Å². The highest BCUT2D eigenvalue weighted by Gasteiger charge is 2.18. The number of carbonyl (C=O) groups is 2. The quantitative estimate of drug-likeness (QED) is 0.614. The fourth-order valence-corrected chi connectivity index (χ4v) is 2.53. The Hall–Kier alpha value is -3.35. The summed E-state index contributed by atoms with van der Waals surface area (Å²) in [6, 6.07) is 12.8. The standard InChI is InChI=1S/C20H20FN3O3/c1-20(2,3)27-19(26)24-15-9-8-13(21)11-16(15)23-18(25)17-10-12-6-4-5-7-14(12)22-17/h4-11,22H,1-3H3,(H,23,25)(H,24,26). The van der Waals surface area contributed by atoms with Crippen molar-refractivity contribution in [2.75, 3.05) is 10.6 Å². The van der Waals surface area contributed by atoms with Crippen LogP contribution in [0, 0.1) is 5.82 Å². The second kappa shape index (κ2) is 7.11. The Kier molecular flexibility index (Phi) is 4.85. The number of anilines is 2. The minimum Gasteiger partial charge on any atom is -0.444 e. The molecule has 0 radical (unpaired) electrons. The molecule has 3 aromatic rings. The summed E-state index contributed by atoms with van der Waals surface area (Å²) >= 11 is 0. The number of rotatable bonds is 3. The largest absolute Gasteiger partial charge is 0.444 e. The predicted molar refractivity (Wildman–Crippen MR) is 103 cm³/mol. The highest BCUT2D eigenvalue weighted by Crippen LogP contribution is 2.25. The Balaban J connectivity index is 1.82. The number of aromatic nitrogens is 1. The van der Waals surface area contributed by atoms with Crippen molar-refractivity contribution in [1.82, 2.24) is 4.98 Å². The van der Waals surface area contributed by atoms with Crippen molar-refractivity contribution < 1.29 is 18.7 Å². The van der Waals surface area contributed by atoms with Crippen LogP contribution in [0.2, 0.25) is 0 Å². The van der Waals surface area contributed by atoms with Gasteiger partial charge in [0, 0.05) is 10.9 Å². The molecule has 1 aromatic heterocycles. The fraction of sp³-hybridized carbons (Fsp3) is 0.200. The van der Waals surface area contributed by atoms with Crippen LogP contribution in [0.4, 0.5) is 20.6 Å². The van der Waals surface area contributed by atoms with E-state index < -0.39 is 23.4 Å². The van der Waals surface area contributed by atoms with Gasteiger partial charge in [-0.3, -0.25) is 10.1 Å². The third-order valence-electron chi connectivity index (χ3n) is 3.64. The van der Waals surface area contributed by atoms with E-state index in [1.54, 1.807) is 26.8 Å². The molecular formula is C20H20FN3O3. The van der Waals surface area contributed by atoms with Crippen molar-refractivity contribution in [2.24, 2.45) is 0 Å². The lowest BCUT2D eigenvalue weighted by atomic mass is 10.2. The molecule has 0 aliphatic carbocycles. The first-order valence-corrected chi connectivity index (χ1v) is 8.40. The Morgan fingerprint density at radius 2 is 1.74 bits per heavy atom. The molecule has 27 heavy (non-hydrogen) atoms. The van der Waals surface area contributed by atoms with Gasteiger partial charge in [-0.15, -0.1) is 0 Å². The molecule has 2 amide bonds. The lowest BCUT2D eigenvalue weighted by molar-refractivity contribution is 0.0635. The van der Waals surface area contributed by atoms with Gasteiger partial charge < -0.3 is 15.0 Å². The van der Waals surface area contributed by atoms with Crippen LogP contribution in [0.3, 0.4) is 0 Å². The van der Waals surface area contributed by atoms with Crippen LogP contribution in [-0.2, 0) is 4.74 Å². The van der Waals surface area contributed by atoms with Crippen molar-refractivity contribution in [3.8, 4) is 0 Å². The zero-order valence-corrected chi connectivity index (χ0v) is 15.2. The molecule has 3 rings (SSSR count). The van der Waals surface area contributed by atoms with Crippen molar-refractivity contribution in [2.45, 2.75) is 26.4 Å². The molecule has 1 heterocycles. The van der Waals surface area contributed by atoms with E-state index in [-0.39, 0.29) is 11.4 Å². The Morgan fingerprint density at radius 3 is 2.44 bits per heavy atom. The van der Waals surface area contributed by atoms with Gasteiger partial charge >= 0.3 is 6.09 Å². The molecule has 2 aromatic carbocycles. The van der Waals surface area contributed by atoms with Crippen LogP contribution in [0.15, 0.2) is 48.5 Å². The molecule has 140 valence electrons. The van der Waals surface area contributed by atoms with E-state index in [2.05, 4.69) is 15.6 Å². The summed E-state index contributed by atoms with van der Waals surface area (Å²) in [4.78, 5) is 27.5. The van der Waals surface area contributed by atoms with Crippen molar-refractivity contribution in [3.05, 3.63) is 60.0 Å². The number of hydrogen-bond donors (Lipinski definition) is 3. The van der Waals surface area contributed by atoms with Gasteiger partial charge in [-0.1, -0.05) is 18.2 Å². The maximum Gasteiger partial charge on any atom is 0.412 e. The molecule has 7 heteroatoms. The Morgan fingerprint density at radius 1 is 1.00 bits per heavy atom. The number of ether oxygens (including phenoxy) is 1. The van der Waals surface area contributed by atoms with E-state index in [0.29, 0.717) is 5.69 Å². The highest BCUT2D eigenvalue weighted by atomic mass is 19.1. The van der Waals surface area contributed by atoms with E-state index in [9.17, 15) is 14.0 Å². The number of benzene rings is 2. The van der Waals surface area contributed by atoms with E-state index in [1.165, 1.54) is 12.1 Å². The number of amides is 2. The first-order chi connectivity index (χ1) is 12.7. The molecular weight excluding hydrogens is 349 g/mol. The first kappa shape index (κ1) is 18.4. The zero-order chi connectivity index (χ0) is 19.6. The van der Waals surface area contributed by atoms with Gasteiger partial charge in [0.25, 0.3) is 5.91 Å². The number of fused-ring (bicyclic) bond motifs is 1.